The maximum absolute atomic E-state index is 12.5. The monoisotopic (exact) mass is 396 g/mol. The second kappa shape index (κ2) is 10.1. The summed E-state index contributed by atoms with van der Waals surface area (Å²) in [5, 5.41) is 12.3. The molecule has 3 aromatic carbocycles. The Morgan fingerprint density at radius 1 is 1.03 bits per heavy atom. The number of rotatable bonds is 7. The van der Waals surface area contributed by atoms with Crippen molar-refractivity contribution >= 4 is 12.0 Å². The minimum Gasteiger partial charge on any atom is -0.489 e. The van der Waals surface area contributed by atoms with E-state index in [0.717, 1.165) is 22.4 Å². The molecule has 30 heavy (non-hydrogen) atoms. The molecule has 0 fully saturated rings. The second-order valence-corrected chi connectivity index (χ2v) is 7.12. The van der Waals surface area contributed by atoms with Gasteiger partial charge in [0, 0.05) is 0 Å². The number of ether oxygens (including phenoxy) is 1. The molecule has 1 amide bonds. The quantitative estimate of drug-likeness (QED) is 0.432. The lowest BCUT2D eigenvalue weighted by molar-refractivity contribution is -0.117. The Morgan fingerprint density at radius 2 is 1.70 bits per heavy atom. The molecule has 0 radical (unpaired) electrons. The van der Waals surface area contributed by atoms with Crippen LogP contribution in [0.1, 0.15) is 35.2 Å². The van der Waals surface area contributed by atoms with Crippen LogP contribution in [0.25, 0.3) is 6.08 Å². The molecule has 0 saturated heterocycles. The maximum atomic E-state index is 12.5. The van der Waals surface area contributed by atoms with Crippen molar-refractivity contribution in [3.05, 3.63) is 107 Å². The van der Waals surface area contributed by atoms with E-state index in [2.05, 4.69) is 24.4 Å². The van der Waals surface area contributed by atoms with Crippen LogP contribution in [0.15, 0.2) is 84.4 Å². The van der Waals surface area contributed by atoms with Crippen LogP contribution in [0.3, 0.4) is 0 Å². The number of hydrogen-bond acceptors (Lipinski definition) is 3. The molecule has 0 aliphatic carbocycles. The molecule has 0 bridgehead atoms. The molecule has 4 heteroatoms. The highest BCUT2D eigenvalue weighted by Crippen LogP contribution is 2.17. The van der Waals surface area contributed by atoms with Crippen molar-refractivity contribution in [1.82, 2.24) is 5.32 Å². The molecule has 1 unspecified atom stereocenters. The van der Waals surface area contributed by atoms with Crippen LogP contribution < -0.4 is 10.1 Å². The van der Waals surface area contributed by atoms with Gasteiger partial charge >= 0.3 is 0 Å². The van der Waals surface area contributed by atoms with Gasteiger partial charge in [0.1, 0.15) is 24.0 Å². The van der Waals surface area contributed by atoms with Gasteiger partial charge in [0.25, 0.3) is 5.91 Å². The van der Waals surface area contributed by atoms with Crippen molar-refractivity contribution in [3.8, 4) is 11.8 Å². The summed E-state index contributed by atoms with van der Waals surface area (Å²) < 4.78 is 5.80. The summed E-state index contributed by atoms with van der Waals surface area (Å²) in [6.07, 6.45) is 1.58. The maximum Gasteiger partial charge on any atom is 0.262 e. The molecule has 3 rings (SSSR count). The normalized spacial score (nSPS) is 12.0. The molecular weight excluding hydrogens is 372 g/mol. The van der Waals surface area contributed by atoms with Gasteiger partial charge in [0.05, 0.1) is 6.04 Å². The number of nitrogens with one attached hydrogen (secondary N) is 1. The molecule has 1 atom stereocenters. The van der Waals surface area contributed by atoms with Gasteiger partial charge in [-0.15, -0.1) is 0 Å². The number of hydrogen-bond donors (Lipinski definition) is 1. The minimum absolute atomic E-state index is 0.0612. The molecular formula is C26H24N2O2. The van der Waals surface area contributed by atoms with E-state index in [1.165, 1.54) is 5.56 Å². The van der Waals surface area contributed by atoms with Crippen LogP contribution in [-0.4, -0.2) is 5.91 Å². The van der Waals surface area contributed by atoms with E-state index in [4.69, 9.17) is 4.74 Å². The zero-order valence-corrected chi connectivity index (χ0v) is 17.1. The van der Waals surface area contributed by atoms with Crippen LogP contribution in [0, 0.1) is 18.3 Å². The average molecular weight is 396 g/mol. The molecule has 0 aliphatic heterocycles. The van der Waals surface area contributed by atoms with Crippen LogP contribution in [-0.2, 0) is 11.4 Å². The summed E-state index contributed by atoms with van der Waals surface area (Å²) in [6, 6.07) is 27.0. The first-order valence-electron chi connectivity index (χ1n) is 9.81. The third-order valence-corrected chi connectivity index (χ3v) is 4.73. The SMILES string of the molecule is Cc1ccc(COc2ccc(/C=C(\C#N)C(=O)NC(C)c3ccccc3)cc2)cc1. The summed E-state index contributed by atoms with van der Waals surface area (Å²) >= 11 is 0. The van der Waals surface area contributed by atoms with Crippen molar-refractivity contribution in [2.24, 2.45) is 0 Å². The predicted octanol–water partition coefficient (Wildman–Crippen LogP) is 5.36. The highest BCUT2D eigenvalue weighted by atomic mass is 16.5. The van der Waals surface area contributed by atoms with Crippen LogP contribution in [0.4, 0.5) is 0 Å². The largest absolute Gasteiger partial charge is 0.489 e. The molecule has 150 valence electrons. The fourth-order valence-electron chi connectivity index (χ4n) is 2.93. The Balaban J connectivity index is 1.61. The van der Waals surface area contributed by atoms with E-state index >= 15 is 0 Å². The molecule has 0 aromatic heterocycles. The van der Waals surface area contributed by atoms with E-state index < -0.39 is 5.91 Å². The van der Waals surface area contributed by atoms with Crippen molar-refractivity contribution < 1.29 is 9.53 Å². The standard InChI is InChI=1S/C26H24N2O2/c1-19-8-10-22(11-9-19)18-30-25-14-12-21(13-15-25)16-24(17-27)26(29)28-20(2)23-6-4-3-5-7-23/h3-16,20H,18H2,1-2H3,(H,28,29)/b24-16+. The topological polar surface area (TPSA) is 62.1 Å². The molecule has 4 nitrogen and oxygen atoms in total. The number of carbonyl (C=O) groups is 1. The average Bonchev–Trinajstić information content (AvgIpc) is 2.78. The number of nitrogens with zero attached hydrogens (tertiary/aromatic N) is 1. The molecule has 0 saturated carbocycles. The van der Waals surface area contributed by atoms with Crippen molar-refractivity contribution in [2.75, 3.05) is 0 Å². The number of benzene rings is 3. The van der Waals surface area contributed by atoms with Gasteiger partial charge in [0.2, 0.25) is 0 Å². The van der Waals surface area contributed by atoms with E-state index in [9.17, 15) is 10.1 Å². The van der Waals surface area contributed by atoms with Gasteiger partial charge in [-0.3, -0.25) is 4.79 Å². The number of amides is 1. The van der Waals surface area contributed by atoms with Gasteiger partial charge in [-0.2, -0.15) is 5.26 Å². The molecule has 0 heterocycles. The van der Waals surface area contributed by atoms with E-state index in [1.54, 1.807) is 6.08 Å². The second-order valence-electron chi connectivity index (χ2n) is 7.12. The lowest BCUT2D eigenvalue weighted by Gasteiger charge is -2.13. The first-order valence-corrected chi connectivity index (χ1v) is 9.81. The Kier molecular flexibility index (Phi) is 7.02. The molecule has 1 N–H and O–H groups in total. The van der Waals surface area contributed by atoms with Gasteiger partial charge in [-0.05, 0) is 48.7 Å². The van der Waals surface area contributed by atoms with Gasteiger partial charge in [-0.25, -0.2) is 0 Å². The van der Waals surface area contributed by atoms with E-state index in [0.29, 0.717) is 6.61 Å². The van der Waals surface area contributed by atoms with Gasteiger partial charge < -0.3 is 10.1 Å². The summed E-state index contributed by atoms with van der Waals surface area (Å²) in [5.74, 6) is 0.335. The summed E-state index contributed by atoms with van der Waals surface area (Å²) in [4.78, 5) is 12.5. The third-order valence-electron chi connectivity index (χ3n) is 4.73. The van der Waals surface area contributed by atoms with Crippen LogP contribution in [0.2, 0.25) is 0 Å². The first kappa shape index (κ1) is 20.9. The predicted molar refractivity (Wildman–Crippen MR) is 119 cm³/mol. The Bertz CT molecular complexity index is 1050. The Labute approximate surface area is 177 Å². The third kappa shape index (κ3) is 5.83. The Morgan fingerprint density at radius 3 is 2.33 bits per heavy atom. The lowest BCUT2D eigenvalue weighted by atomic mass is 10.1. The smallest absolute Gasteiger partial charge is 0.262 e. The van der Waals surface area contributed by atoms with Crippen LogP contribution >= 0.6 is 0 Å². The summed E-state index contributed by atoms with van der Waals surface area (Å²) in [7, 11) is 0. The minimum atomic E-state index is -0.395. The summed E-state index contributed by atoms with van der Waals surface area (Å²) in [6.45, 7) is 4.43. The number of nitriles is 1. The zero-order valence-electron chi connectivity index (χ0n) is 17.1. The molecule has 3 aromatic rings. The fourth-order valence-corrected chi connectivity index (χ4v) is 2.93. The number of carbonyl (C=O) groups excluding carboxylic acids is 1. The van der Waals surface area contributed by atoms with Crippen molar-refractivity contribution in [3.63, 3.8) is 0 Å². The van der Waals surface area contributed by atoms with Crippen molar-refractivity contribution in [2.45, 2.75) is 26.5 Å². The van der Waals surface area contributed by atoms with E-state index in [-0.39, 0.29) is 11.6 Å². The molecule has 0 spiro atoms. The van der Waals surface area contributed by atoms with E-state index in [1.807, 2.05) is 79.7 Å². The highest BCUT2D eigenvalue weighted by molar-refractivity contribution is 6.01. The van der Waals surface area contributed by atoms with Crippen LogP contribution in [0.5, 0.6) is 5.75 Å². The number of aryl methyl sites for hydroxylation is 1. The van der Waals surface area contributed by atoms with Crippen molar-refractivity contribution in [1.29, 1.82) is 5.26 Å². The Hall–Kier alpha value is -3.84. The summed E-state index contributed by atoms with van der Waals surface area (Å²) in [5.41, 5.74) is 4.12. The highest BCUT2D eigenvalue weighted by Gasteiger charge is 2.13. The molecule has 0 aliphatic rings. The zero-order chi connectivity index (χ0) is 21.3. The van der Waals surface area contributed by atoms with Gasteiger partial charge in [-0.1, -0.05) is 72.3 Å². The van der Waals surface area contributed by atoms with Gasteiger partial charge in [0.15, 0.2) is 0 Å². The lowest BCUT2D eigenvalue weighted by Crippen LogP contribution is -2.27. The fraction of sp³-hybridized carbons (Fsp3) is 0.154. The first-order chi connectivity index (χ1) is 14.5.